The molecule has 0 aromatic heterocycles. The highest BCUT2D eigenvalue weighted by Gasteiger charge is 2.41. The number of para-hydroxylation sites is 1. The van der Waals surface area contributed by atoms with Crippen molar-refractivity contribution in [1.82, 2.24) is 0 Å². The molecule has 0 bridgehead atoms. The Morgan fingerprint density at radius 1 is 0.818 bits per heavy atom. The first-order valence-corrected chi connectivity index (χ1v) is 6.95. The summed E-state index contributed by atoms with van der Waals surface area (Å²) >= 11 is 0. The van der Waals surface area contributed by atoms with E-state index in [0.717, 1.165) is 22.1 Å². The van der Waals surface area contributed by atoms with Crippen LogP contribution in [0.3, 0.4) is 0 Å². The molecule has 0 saturated carbocycles. The number of nitrogens with zero attached hydrogens (tertiary/aromatic N) is 3. The molecule has 1 aliphatic rings. The lowest BCUT2D eigenvalue weighted by atomic mass is 10.1. The number of carbonyl (C=O) groups excluding carboxylic acids is 1. The van der Waals surface area contributed by atoms with E-state index in [1.165, 1.54) is 0 Å². The molecule has 3 aromatic carbocycles. The highest BCUT2D eigenvalue weighted by atomic mass is 16.2. The maximum atomic E-state index is 12.7. The zero-order chi connectivity index (χ0) is 15.1. The minimum atomic E-state index is -0.319. The molecule has 0 unspecified atom stereocenters. The van der Waals surface area contributed by atoms with Crippen LogP contribution in [0.15, 0.2) is 66.7 Å². The van der Waals surface area contributed by atoms with Crippen LogP contribution >= 0.6 is 0 Å². The van der Waals surface area contributed by atoms with Crippen LogP contribution < -0.4 is 4.90 Å². The van der Waals surface area contributed by atoms with Crippen molar-refractivity contribution < 1.29 is 9.58 Å². The lowest BCUT2D eigenvalue weighted by Gasteiger charge is -2.18. The number of fused-ring (bicyclic) bond motifs is 2. The number of hydrogen-bond donors (Lipinski definition) is 0. The summed E-state index contributed by atoms with van der Waals surface area (Å²) in [6.07, 6.45) is 0. The van der Waals surface area contributed by atoms with E-state index in [-0.39, 0.29) is 11.6 Å². The molecule has 4 nitrogen and oxygen atoms in total. The van der Waals surface area contributed by atoms with E-state index >= 15 is 0 Å². The van der Waals surface area contributed by atoms with Crippen molar-refractivity contribution in [3.05, 3.63) is 77.8 Å². The van der Waals surface area contributed by atoms with Gasteiger partial charge < -0.3 is 5.53 Å². The van der Waals surface area contributed by atoms with Crippen LogP contribution in [0.2, 0.25) is 0 Å². The van der Waals surface area contributed by atoms with Crippen molar-refractivity contribution in [2.75, 3.05) is 4.90 Å². The predicted octanol–water partition coefficient (Wildman–Crippen LogP) is 3.54. The summed E-state index contributed by atoms with van der Waals surface area (Å²) in [5.74, 6) is -0.319. The van der Waals surface area contributed by atoms with Crippen LogP contribution in [-0.4, -0.2) is 16.4 Å². The van der Waals surface area contributed by atoms with Gasteiger partial charge in [-0.3, -0.25) is 9.69 Å². The Morgan fingerprint density at radius 3 is 2.36 bits per heavy atom. The quantitative estimate of drug-likeness (QED) is 0.498. The predicted molar refractivity (Wildman–Crippen MR) is 85.3 cm³/mol. The first-order chi connectivity index (χ1) is 10.8. The van der Waals surface area contributed by atoms with E-state index in [0.29, 0.717) is 5.56 Å². The van der Waals surface area contributed by atoms with Crippen LogP contribution in [0, 0.1) is 0 Å². The number of carbonyl (C=O) groups is 1. The van der Waals surface area contributed by atoms with E-state index in [4.69, 9.17) is 0 Å². The van der Waals surface area contributed by atoms with Gasteiger partial charge >= 0.3 is 11.6 Å². The Labute approximate surface area is 126 Å². The summed E-state index contributed by atoms with van der Waals surface area (Å²) in [6.45, 7) is 0. The van der Waals surface area contributed by atoms with Gasteiger partial charge in [0.25, 0.3) is 0 Å². The van der Waals surface area contributed by atoms with Crippen LogP contribution in [0.5, 0.6) is 0 Å². The topological polar surface area (TPSA) is 56.7 Å². The van der Waals surface area contributed by atoms with Crippen LogP contribution in [-0.2, 0) is 4.79 Å². The Bertz CT molecular complexity index is 965. The van der Waals surface area contributed by atoms with Gasteiger partial charge in [-0.05, 0) is 23.6 Å². The molecule has 4 heteroatoms. The van der Waals surface area contributed by atoms with Crippen molar-refractivity contribution in [2.24, 2.45) is 0 Å². The third-order valence-electron chi connectivity index (χ3n) is 3.91. The SMILES string of the molecule is [N-]=[N+]=C1C(=O)N(c2cccc3ccccc23)c2ccccc21. The van der Waals surface area contributed by atoms with E-state index in [1.54, 1.807) is 11.0 Å². The maximum absolute atomic E-state index is 12.7. The largest absolute Gasteiger partial charge is 0.389 e. The molecule has 1 heterocycles. The second-order valence-electron chi connectivity index (χ2n) is 5.10. The number of anilines is 2. The van der Waals surface area contributed by atoms with E-state index < -0.39 is 0 Å². The Hall–Kier alpha value is -3.23. The van der Waals surface area contributed by atoms with Crippen LogP contribution in [0.25, 0.3) is 16.3 Å². The Morgan fingerprint density at radius 2 is 1.50 bits per heavy atom. The third kappa shape index (κ3) is 1.62. The smallest absolute Gasteiger partial charge is 0.361 e. The van der Waals surface area contributed by atoms with Crippen molar-refractivity contribution in [1.29, 1.82) is 0 Å². The standard InChI is InChI=1S/C18H11N3O/c19-20-17-14-9-3-4-10-16(14)21(18(17)22)15-11-5-7-12-6-1-2-8-13(12)15/h1-11H. The van der Waals surface area contributed by atoms with Gasteiger partial charge in [-0.25, -0.2) is 0 Å². The van der Waals surface area contributed by atoms with Gasteiger partial charge in [0.1, 0.15) is 0 Å². The van der Waals surface area contributed by atoms with E-state index in [9.17, 15) is 10.3 Å². The number of amides is 1. The van der Waals surface area contributed by atoms with Gasteiger partial charge in [-0.1, -0.05) is 48.5 Å². The zero-order valence-corrected chi connectivity index (χ0v) is 11.6. The van der Waals surface area contributed by atoms with Gasteiger partial charge in [-0.15, -0.1) is 0 Å². The minimum Gasteiger partial charge on any atom is -0.361 e. The number of benzene rings is 3. The molecule has 1 aliphatic heterocycles. The van der Waals surface area contributed by atoms with Gasteiger partial charge in [-0.2, -0.15) is 4.79 Å². The first kappa shape index (κ1) is 12.5. The number of hydrogen-bond acceptors (Lipinski definition) is 1. The van der Waals surface area contributed by atoms with Gasteiger partial charge in [0.05, 0.1) is 16.9 Å². The maximum Gasteiger partial charge on any atom is 0.389 e. The average Bonchev–Trinajstić information content (AvgIpc) is 2.85. The fraction of sp³-hybridized carbons (Fsp3) is 0. The molecule has 0 atom stereocenters. The van der Waals surface area contributed by atoms with Gasteiger partial charge in [0.2, 0.25) is 0 Å². The normalized spacial score (nSPS) is 13.4. The lowest BCUT2D eigenvalue weighted by molar-refractivity contribution is -0.115. The fourth-order valence-corrected chi connectivity index (χ4v) is 2.94. The molecule has 0 radical (unpaired) electrons. The Balaban J connectivity index is 2.04. The van der Waals surface area contributed by atoms with Crippen molar-refractivity contribution in [3.63, 3.8) is 0 Å². The average molecular weight is 285 g/mol. The highest BCUT2D eigenvalue weighted by Crippen LogP contribution is 2.38. The van der Waals surface area contributed by atoms with E-state index in [1.807, 2.05) is 60.7 Å². The molecule has 3 aromatic rings. The van der Waals surface area contributed by atoms with Crippen molar-refractivity contribution >= 4 is 33.8 Å². The van der Waals surface area contributed by atoms with Crippen LogP contribution in [0.4, 0.5) is 11.4 Å². The third-order valence-corrected chi connectivity index (χ3v) is 3.91. The van der Waals surface area contributed by atoms with Crippen LogP contribution in [0.1, 0.15) is 5.56 Å². The molecular weight excluding hydrogens is 274 g/mol. The Kier molecular flexibility index (Phi) is 2.65. The molecular formula is C18H11N3O. The summed E-state index contributed by atoms with van der Waals surface area (Å²) in [7, 11) is 0. The van der Waals surface area contributed by atoms with Gasteiger partial charge in [0.15, 0.2) is 0 Å². The molecule has 0 N–H and O–H groups in total. The molecule has 0 fully saturated rings. The summed E-state index contributed by atoms with van der Waals surface area (Å²) in [5.41, 5.74) is 11.4. The molecule has 4 rings (SSSR count). The monoisotopic (exact) mass is 285 g/mol. The second kappa shape index (κ2) is 4.65. The molecule has 104 valence electrons. The number of rotatable bonds is 1. The summed E-state index contributed by atoms with van der Waals surface area (Å²) in [6, 6.07) is 21.0. The fourth-order valence-electron chi connectivity index (χ4n) is 2.94. The summed E-state index contributed by atoms with van der Waals surface area (Å²) in [5, 5.41) is 2.03. The van der Waals surface area contributed by atoms with Crippen molar-refractivity contribution in [3.8, 4) is 0 Å². The van der Waals surface area contributed by atoms with Crippen molar-refractivity contribution in [2.45, 2.75) is 0 Å². The summed E-state index contributed by atoms with van der Waals surface area (Å²) < 4.78 is 0. The molecule has 0 saturated heterocycles. The first-order valence-electron chi connectivity index (χ1n) is 6.95. The summed E-state index contributed by atoms with van der Waals surface area (Å²) in [4.78, 5) is 17.5. The lowest BCUT2D eigenvalue weighted by Crippen LogP contribution is -2.26. The second-order valence-corrected chi connectivity index (χ2v) is 5.10. The zero-order valence-electron chi connectivity index (χ0n) is 11.6. The highest BCUT2D eigenvalue weighted by molar-refractivity contribution is 6.54. The van der Waals surface area contributed by atoms with Gasteiger partial charge in [0, 0.05) is 5.39 Å². The molecule has 22 heavy (non-hydrogen) atoms. The van der Waals surface area contributed by atoms with E-state index in [2.05, 4.69) is 4.79 Å². The minimum absolute atomic E-state index is 0.0727. The molecule has 1 amide bonds. The molecule has 0 spiro atoms. The molecule has 0 aliphatic carbocycles.